The molecule has 1 aromatic carbocycles. The number of nitro groups is 1. The second-order valence-electron chi connectivity index (χ2n) is 5.39. The van der Waals surface area contributed by atoms with Crippen LogP contribution >= 0.6 is 0 Å². The molecule has 1 amide bonds. The van der Waals surface area contributed by atoms with Crippen LogP contribution in [0.3, 0.4) is 0 Å². The van der Waals surface area contributed by atoms with Crippen molar-refractivity contribution in [2.75, 3.05) is 11.9 Å². The molecule has 0 saturated carbocycles. The first-order valence-corrected chi connectivity index (χ1v) is 7.34. The average Bonchev–Trinajstić information content (AvgIpc) is 2.55. The summed E-state index contributed by atoms with van der Waals surface area (Å²) in [5, 5.41) is 13.3. The van der Waals surface area contributed by atoms with Gasteiger partial charge in [0.25, 0.3) is 11.6 Å². The molecule has 1 aromatic rings. The van der Waals surface area contributed by atoms with Crippen molar-refractivity contribution < 1.29 is 19.2 Å². The van der Waals surface area contributed by atoms with E-state index in [2.05, 4.69) is 5.32 Å². The lowest BCUT2D eigenvalue weighted by atomic mass is 9.95. The number of hydrogen-bond donors (Lipinski definition) is 1. The molecule has 0 spiro atoms. The maximum atomic E-state index is 11.8. The fourth-order valence-electron chi connectivity index (χ4n) is 2.35. The number of anilines is 1. The molecular weight excluding hydrogens is 300 g/mol. The van der Waals surface area contributed by atoms with Crippen molar-refractivity contribution in [2.24, 2.45) is 5.92 Å². The molecule has 1 aliphatic carbocycles. The molecule has 0 aromatic heterocycles. The molecule has 7 nitrogen and oxygen atoms in total. The Kier molecular flexibility index (Phi) is 5.46. The van der Waals surface area contributed by atoms with E-state index < -0.39 is 10.8 Å². The van der Waals surface area contributed by atoms with Crippen LogP contribution in [0.1, 0.15) is 24.8 Å². The highest BCUT2D eigenvalue weighted by atomic mass is 16.6. The highest BCUT2D eigenvalue weighted by Gasteiger charge is 2.21. The van der Waals surface area contributed by atoms with Crippen molar-refractivity contribution in [1.29, 1.82) is 0 Å². The van der Waals surface area contributed by atoms with Crippen molar-refractivity contribution in [3.8, 4) is 0 Å². The summed E-state index contributed by atoms with van der Waals surface area (Å²) in [5.74, 6) is -1.03. The fourth-order valence-corrected chi connectivity index (χ4v) is 2.35. The second kappa shape index (κ2) is 7.53. The second-order valence-corrected chi connectivity index (χ2v) is 5.39. The van der Waals surface area contributed by atoms with Gasteiger partial charge in [0.05, 0.1) is 10.8 Å². The number of nitro benzene ring substituents is 1. The Labute approximate surface area is 133 Å². The van der Waals surface area contributed by atoms with Crippen LogP contribution in [0.5, 0.6) is 0 Å². The third kappa shape index (κ3) is 4.64. The first-order valence-electron chi connectivity index (χ1n) is 7.34. The lowest BCUT2D eigenvalue weighted by molar-refractivity contribution is -0.384. The van der Waals surface area contributed by atoms with Crippen LogP contribution in [0.25, 0.3) is 0 Å². The predicted octanol–water partition coefficient (Wildman–Crippen LogP) is 2.74. The molecule has 1 aliphatic rings. The van der Waals surface area contributed by atoms with E-state index >= 15 is 0 Å². The van der Waals surface area contributed by atoms with Gasteiger partial charge in [0.1, 0.15) is 0 Å². The zero-order valence-corrected chi connectivity index (χ0v) is 12.8. The van der Waals surface area contributed by atoms with E-state index in [1.807, 2.05) is 12.2 Å². The van der Waals surface area contributed by atoms with Gasteiger partial charge in [-0.2, -0.15) is 0 Å². The molecule has 0 unspecified atom stereocenters. The van der Waals surface area contributed by atoms with Crippen molar-refractivity contribution in [3.05, 3.63) is 46.0 Å². The number of amides is 1. The van der Waals surface area contributed by atoms with Gasteiger partial charge in [-0.3, -0.25) is 19.7 Å². The predicted molar refractivity (Wildman–Crippen MR) is 83.9 cm³/mol. The summed E-state index contributed by atoms with van der Waals surface area (Å²) in [7, 11) is 0. The highest BCUT2D eigenvalue weighted by Crippen LogP contribution is 2.21. The molecule has 1 N–H and O–H groups in total. The molecule has 2 rings (SSSR count). The third-order valence-corrected chi connectivity index (χ3v) is 3.64. The van der Waals surface area contributed by atoms with Crippen LogP contribution in [-0.2, 0) is 14.3 Å². The summed E-state index contributed by atoms with van der Waals surface area (Å²) in [5.41, 5.74) is 0.978. The lowest BCUT2D eigenvalue weighted by Crippen LogP contribution is -2.25. The third-order valence-electron chi connectivity index (χ3n) is 3.64. The number of carbonyl (C=O) groups excluding carboxylic acids is 2. The average molecular weight is 318 g/mol. The normalized spacial score (nSPS) is 16.7. The number of aryl methyl sites for hydroxylation is 1. The number of nitrogens with one attached hydrogen (secondary N) is 1. The number of rotatable bonds is 5. The van der Waals surface area contributed by atoms with Gasteiger partial charge in [0.15, 0.2) is 6.61 Å². The monoisotopic (exact) mass is 318 g/mol. The van der Waals surface area contributed by atoms with Gasteiger partial charge >= 0.3 is 5.97 Å². The lowest BCUT2D eigenvalue weighted by Gasteiger charge is -2.16. The zero-order chi connectivity index (χ0) is 16.8. The summed E-state index contributed by atoms with van der Waals surface area (Å²) in [4.78, 5) is 33.8. The van der Waals surface area contributed by atoms with E-state index in [1.54, 1.807) is 6.92 Å². The summed E-state index contributed by atoms with van der Waals surface area (Å²) >= 11 is 0. The molecular formula is C16H18N2O5. The Balaban J connectivity index is 1.86. The fraction of sp³-hybridized carbons (Fsp3) is 0.375. The quantitative estimate of drug-likeness (QED) is 0.389. The van der Waals surface area contributed by atoms with Gasteiger partial charge in [-0.15, -0.1) is 0 Å². The maximum Gasteiger partial charge on any atom is 0.309 e. The molecule has 0 fully saturated rings. The molecule has 0 bridgehead atoms. The number of esters is 1. The van der Waals surface area contributed by atoms with Gasteiger partial charge in [0.2, 0.25) is 0 Å². The molecule has 1 atom stereocenters. The van der Waals surface area contributed by atoms with E-state index in [4.69, 9.17) is 4.74 Å². The van der Waals surface area contributed by atoms with Crippen LogP contribution < -0.4 is 5.32 Å². The summed E-state index contributed by atoms with van der Waals surface area (Å²) in [6.07, 6.45) is 6.18. The number of hydrogen-bond acceptors (Lipinski definition) is 5. The van der Waals surface area contributed by atoms with E-state index in [0.29, 0.717) is 17.7 Å². The zero-order valence-electron chi connectivity index (χ0n) is 12.8. The van der Waals surface area contributed by atoms with Crippen molar-refractivity contribution in [3.63, 3.8) is 0 Å². The Morgan fingerprint density at radius 3 is 2.78 bits per heavy atom. The number of carbonyl (C=O) groups is 2. The summed E-state index contributed by atoms with van der Waals surface area (Å²) in [6, 6.07) is 4.14. The van der Waals surface area contributed by atoms with E-state index in [0.717, 1.165) is 12.8 Å². The van der Waals surface area contributed by atoms with Crippen LogP contribution in [0.2, 0.25) is 0 Å². The Morgan fingerprint density at radius 2 is 2.17 bits per heavy atom. The standard InChI is InChI=1S/C16H18N2O5/c1-11-9-13(18(21)22)7-8-14(11)17-15(19)10-23-16(20)12-5-3-2-4-6-12/h2-3,7-9,12H,4-6,10H2,1H3,(H,17,19)/t12-/m1/s1. The molecule has 0 aliphatic heterocycles. The highest BCUT2D eigenvalue weighted by molar-refractivity contribution is 5.93. The first-order chi connectivity index (χ1) is 11.0. The Hall–Kier alpha value is -2.70. The number of allylic oxidation sites excluding steroid dienone is 2. The van der Waals surface area contributed by atoms with Crippen molar-refractivity contribution in [1.82, 2.24) is 0 Å². The van der Waals surface area contributed by atoms with Crippen LogP contribution in [0, 0.1) is 23.0 Å². The molecule has 0 radical (unpaired) electrons. The molecule has 0 saturated heterocycles. The van der Waals surface area contributed by atoms with Crippen molar-refractivity contribution in [2.45, 2.75) is 26.2 Å². The molecule has 23 heavy (non-hydrogen) atoms. The maximum absolute atomic E-state index is 11.8. The minimum absolute atomic E-state index is 0.0442. The minimum Gasteiger partial charge on any atom is -0.455 e. The first kappa shape index (κ1) is 16.7. The topological polar surface area (TPSA) is 98.5 Å². The van der Waals surface area contributed by atoms with E-state index in [9.17, 15) is 19.7 Å². The van der Waals surface area contributed by atoms with Gasteiger partial charge in [-0.05, 0) is 37.8 Å². The smallest absolute Gasteiger partial charge is 0.309 e. The molecule has 0 heterocycles. The van der Waals surface area contributed by atoms with Crippen molar-refractivity contribution >= 4 is 23.3 Å². The van der Waals surface area contributed by atoms with Gasteiger partial charge in [-0.1, -0.05) is 12.2 Å². The minimum atomic E-state index is -0.501. The number of non-ortho nitro benzene ring substituents is 1. The van der Waals surface area contributed by atoms with Crippen LogP contribution in [0.4, 0.5) is 11.4 Å². The number of benzene rings is 1. The van der Waals surface area contributed by atoms with Crippen LogP contribution in [0.15, 0.2) is 30.4 Å². The summed E-state index contributed by atoms with van der Waals surface area (Å²) in [6.45, 7) is 1.29. The summed E-state index contributed by atoms with van der Waals surface area (Å²) < 4.78 is 5.02. The SMILES string of the molecule is Cc1cc([N+](=O)[O-])ccc1NC(=O)COC(=O)[C@@H]1CC=CCC1. The van der Waals surface area contributed by atoms with Crippen LogP contribution in [-0.4, -0.2) is 23.4 Å². The van der Waals surface area contributed by atoms with E-state index in [1.165, 1.54) is 18.2 Å². The van der Waals surface area contributed by atoms with Gasteiger partial charge in [-0.25, -0.2) is 0 Å². The molecule has 7 heteroatoms. The van der Waals surface area contributed by atoms with Gasteiger partial charge in [0, 0.05) is 17.8 Å². The Bertz CT molecular complexity index is 654. The van der Waals surface area contributed by atoms with E-state index in [-0.39, 0.29) is 24.2 Å². The van der Waals surface area contributed by atoms with Gasteiger partial charge < -0.3 is 10.1 Å². The molecule has 122 valence electrons. The Morgan fingerprint density at radius 1 is 1.39 bits per heavy atom. The number of ether oxygens (including phenoxy) is 1. The number of nitrogens with zero attached hydrogens (tertiary/aromatic N) is 1. The largest absolute Gasteiger partial charge is 0.455 e.